The maximum atomic E-state index is 13.8. The van der Waals surface area contributed by atoms with Gasteiger partial charge in [0.05, 0.1) is 6.10 Å². The molecule has 0 amide bonds. The molecule has 0 bridgehead atoms. The fraction of sp³-hybridized carbons (Fsp3) is 0.478. The third-order valence-corrected chi connectivity index (χ3v) is 5.69. The summed E-state index contributed by atoms with van der Waals surface area (Å²) < 4.78 is 19.8. The Labute approximate surface area is 156 Å². The lowest BCUT2D eigenvalue weighted by atomic mass is 9.68. The summed E-state index contributed by atoms with van der Waals surface area (Å²) in [6.45, 7) is 6.73. The molecule has 2 aromatic rings. The van der Waals surface area contributed by atoms with Gasteiger partial charge in [0.2, 0.25) is 0 Å². The van der Waals surface area contributed by atoms with Crippen LogP contribution in [-0.4, -0.2) is 19.3 Å². The van der Waals surface area contributed by atoms with Gasteiger partial charge in [0.1, 0.15) is 5.82 Å². The van der Waals surface area contributed by atoms with Crippen LogP contribution in [0.3, 0.4) is 0 Å². The maximum absolute atomic E-state index is 13.8. The van der Waals surface area contributed by atoms with Crippen LogP contribution in [0.1, 0.15) is 44.2 Å². The Bertz CT molecular complexity index is 688. The van der Waals surface area contributed by atoms with E-state index in [9.17, 15) is 4.39 Å². The highest BCUT2D eigenvalue weighted by Crippen LogP contribution is 2.41. The molecule has 1 aliphatic rings. The fourth-order valence-corrected chi connectivity index (χ4v) is 4.00. The van der Waals surface area contributed by atoms with Gasteiger partial charge in [-0.25, -0.2) is 4.39 Å². The summed E-state index contributed by atoms with van der Waals surface area (Å²) in [7, 11) is 0. The minimum atomic E-state index is -0.135. The van der Waals surface area contributed by atoms with Crippen molar-refractivity contribution in [3.05, 3.63) is 71.5 Å². The number of ether oxygens (including phenoxy) is 1. The maximum Gasteiger partial charge on any atom is 0.127 e. The van der Waals surface area contributed by atoms with E-state index in [1.54, 1.807) is 6.07 Å². The van der Waals surface area contributed by atoms with Gasteiger partial charge in [-0.15, -0.1) is 0 Å². The van der Waals surface area contributed by atoms with Gasteiger partial charge in [-0.2, -0.15) is 0 Å². The number of hydrogen-bond donors (Lipinski definition) is 1. The topological polar surface area (TPSA) is 21.3 Å². The van der Waals surface area contributed by atoms with Gasteiger partial charge in [-0.05, 0) is 43.4 Å². The van der Waals surface area contributed by atoms with Crippen molar-refractivity contribution in [2.24, 2.45) is 5.92 Å². The molecule has 1 fully saturated rings. The SMILES string of the molecule is CC(C)[C@H]1C[C@](CCNCc2ccccc2F)(c2ccccc2)CCO1. The molecule has 3 heteroatoms. The van der Waals surface area contributed by atoms with E-state index in [1.807, 2.05) is 12.1 Å². The average Bonchev–Trinajstić information content (AvgIpc) is 2.67. The monoisotopic (exact) mass is 355 g/mol. The van der Waals surface area contributed by atoms with E-state index in [4.69, 9.17) is 4.74 Å². The average molecular weight is 355 g/mol. The Morgan fingerprint density at radius 3 is 2.58 bits per heavy atom. The van der Waals surface area contributed by atoms with Crippen LogP contribution in [0.2, 0.25) is 0 Å². The molecule has 0 unspecified atom stereocenters. The zero-order valence-corrected chi connectivity index (χ0v) is 15.9. The largest absolute Gasteiger partial charge is 0.378 e. The van der Waals surface area contributed by atoms with Gasteiger partial charge in [-0.1, -0.05) is 62.4 Å². The molecule has 2 atom stereocenters. The van der Waals surface area contributed by atoms with E-state index in [1.165, 1.54) is 11.6 Å². The van der Waals surface area contributed by atoms with Crippen molar-refractivity contribution in [3.63, 3.8) is 0 Å². The second-order valence-electron chi connectivity index (χ2n) is 7.77. The first-order chi connectivity index (χ1) is 12.6. The van der Waals surface area contributed by atoms with Crippen molar-refractivity contribution < 1.29 is 9.13 Å². The Morgan fingerprint density at radius 1 is 1.12 bits per heavy atom. The molecule has 1 heterocycles. The van der Waals surface area contributed by atoms with Gasteiger partial charge in [0, 0.05) is 24.1 Å². The van der Waals surface area contributed by atoms with Crippen LogP contribution in [0.4, 0.5) is 4.39 Å². The highest BCUT2D eigenvalue weighted by atomic mass is 19.1. The van der Waals surface area contributed by atoms with Crippen LogP contribution in [-0.2, 0) is 16.7 Å². The van der Waals surface area contributed by atoms with Crippen LogP contribution in [0.15, 0.2) is 54.6 Å². The Hall–Kier alpha value is -1.71. The van der Waals surface area contributed by atoms with E-state index in [2.05, 4.69) is 49.5 Å². The summed E-state index contributed by atoms with van der Waals surface area (Å²) in [5, 5.41) is 3.45. The molecule has 0 spiro atoms. The van der Waals surface area contributed by atoms with E-state index in [0.717, 1.165) is 38.0 Å². The first kappa shape index (κ1) is 19.1. The lowest BCUT2D eigenvalue weighted by Gasteiger charge is -2.43. The number of halogens is 1. The minimum absolute atomic E-state index is 0.135. The van der Waals surface area contributed by atoms with E-state index in [-0.39, 0.29) is 11.2 Å². The van der Waals surface area contributed by atoms with Crippen LogP contribution < -0.4 is 5.32 Å². The lowest BCUT2D eigenvalue weighted by molar-refractivity contribution is -0.0469. The second kappa shape index (κ2) is 8.79. The Kier molecular flexibility index (Phi) is 6.44. The Balaban J connectivity index is 1.67. The molecule has 0 saturated carbocycles. The van der Waals surface area contributed by atoms with Gasteiger partial charge < -0.3 is 10.1 Å². The normalized spacial score (nSPS) is 23.3. The highest BCUT2D eigenvalue weighted by molar-refractivity contribution is 5.26. The molecule has 3 rings (SSSR count). The van der Waals surface area contributed by atoms with Crippen LogP contribution in [0.25, 0.3) is 0 Å². The first-order valence-corrected chi connectivity index (χ1v) is 9.72. The van der Waals surface area contributed by atoms with Crippen molar-refractivity contribution in [2.75, 3.05) is 13.2 Å². The Morgan fingerprint density at radius 2 is 1.85 bits per heavy atom. The molecule has 0 radical (unpaired) electrons. The van der Waals surface area contributed by atoms with Crippen LogP contribution in [0.5, 0.6) is 0 Å². The molecule has 1 saturated heterocycles. The summed E-state index contributed by atoms with van der Waals surface area (Å²) in [6.07, 6.45) is 3.44. The predicted molar refractivity (Wildman–Crippen MR) is 105 cm³/mol. The zero-order chi connectivity index (χ0) is 18.4. The van der Waals surface area contributed by atoms with Gasteiger partial charge >= 0.3 is 0 Å². The minimum Gasteiger partial charge on any atom is -0.378 e. The van der Waals surface area contributed by atoms with Gasteiger partial charge in [0.15, 0.2) is 0 Å². The highest BCUT2D eigenvalue weighted by Gasteiger charge is 2.38. The fourth-order valence-electron chi connectivity index (χ4n) is 4.00. The van der Waals surface area contributed by atoms with Crippen molar-refractivity contribution in [1.82, 2.24) is 5.32 Å². The molecule has 2 aromatic carbocycles. The number of hydrogen-bond acceptors (Lipinski definition) is 2. The predicted octanol–water partition coefficient (Wildman–Crippen LogP) is 5.08. The molecule has 1 N–H and O–H groups in total. The molecule has 1 aliphatic heterocycles. The summed E-state index contributed by atoms with van der Waals surface area (Å²) >= 11 is 0. The van der Waals surface area contributed by atoms with Crippen LogP contribution in [0, 0.1) is 11.7 Å². The molecule has 26 heavy (non-hydrogen) atoms. The molecule has 0 aromatic heterocycles. The van der Waals surface area contributed by atoms with E-state index >= 15 is 0 Å². The van der Waals surface area contributed by atoms with Gasteiger partial charge in [0.25, 0.3) is 0 Å². The summed E-state index contributed by atoms with van der Waals surface area (Å²) in [5.74, 6) is 0.383. The van der Waals surface area contributed by atoms with Crippen molar-refractivity contribution in [2.45, 2.75) is 51.2 Å². The molecule has 2 nitrogen and oxygen atoms in total. The number of rotatable bonds is 7. The second-order valence-corrected chi connectivity index (χ2v) is 7.77. The smallest absolute Gasteiger partial charge is 0.127 e. The third kappa shape index (κ3) is 4.52. The van der Waals surface area contributed by atoms with Crippen molar-refractivity contribution >= 4 is 0 Å². The number of nitrogens with one attached hydrogen (secondary N) is 1. The summed E-state index contributed by atoms with van der Waals surface area (Å²) in [6, 6.07) is 17.8. The van der Waals surface area contributed by atoms with E-state index < -0.39 is 0 Å². The standard InChI is InChI=1S/C23H30FNO/c1-18(2)22-16-23(13-15-26-22,20-9-4-3-5-10-20)12-14-25-17-19-8-6-7-11-21(19)24/h3-11,18,22,25H,12-17H2,1-2H3/t22-,23-/m1/s1. The molecular weight excluding hydrogens is 325 g/mol. The molecular formula is C23H30FNO. The van der Waals surface area contributed by atoms with Crippen molar-refractivity contribution in [1.29, 1.82) is 0 Å². The van der Waals surface area contributed by atoms with E-state index in [0.29, 0.717) is 18.6 Å². The zero-order valence-electron chi connectivity index (χ0n) is 15.9. The lowest BCUT2D eigenvalue weighted by Crippen LogP contribution is -2.42. The van der Waals surface area contributed by atoms with Crippen molar-refractivity contribution in [3.8, 4) is 0 Å². The first-order valence-electron chi connectivity index (χ1n) is 9.72. The summed E-state index contributed by atoms with van der Waals surface area (Å²) in [5.41, 5.74) is 2.27. The molecule has 140 valence electrons. The molecule has 0 aliphatic carbocycles. The van der Waals surface area contributed by atoms with Gasteiger partial charge in [-0.3, -0.25) is 0 Å². The third-order valence-electron chi connectivity index (χ3n) is 5.69. The number of benzene rings is 2. The quantitative estimate of drug-likeness (QED) is 0.700. The summed E-state index contributed by atoms with van der Waals surface area (Å²) in [4.78, 5) is 0. The van der Waals surface area contributed by atoms with Crippen LogP contribution >= 0.6 is 0 Å².